The molecular formula is C20H22N4O. The van der Waals surface area contributed by atoms with Crippen molar-refractivity contribution in [3.63, 3.8) is 0 Å². The summed E-state index contributed by atoms with van der Waals surface area (Å²) in [6.45, 7) is 9.46. The highest BCUT2D eigenvalue weighted by Crippen LogP contribution is 2.34. The Morgan fingerprint density at radius 2 is 2.00 bits per heavy atom. The largest absolute Gasteiger partial charge is 0.378 e. The van der Waals surface area contributed by atoms with E-state index in [4.69, 9.17) is 9.72 Å². The Labute approximate surface area is 147 Å². The maximum absolute atomic E-state index is 9.78. The van der Waals surface area contributed by atoms with Gasteiger partial charge in [-0.25, -0.2) is 4.98 Å². The van der Waals surface area contributed by atoms with E-state index in [9.17, 15) is 5.26 Å². The minimum atomic E-state index is 0.683. The first-order valence-electron chi connectivity index (χ1n) is 8.82. The van der Waals surface area contributed by atoms with Crippen LogP contribution in [0.15, 0.2) is 18.2 Å². The first-order chi connectivity index (χ1) is 12.2. The molecule has 0 bridgehead atoms. The maximum atomic E-state index is 9.78. The van der Waals surface area contributed by atoms with E-state index in [1.54, 1.807) is 0 Å². The number of rotatable bonds is 2. The van der Waals surface area contributed by atoms with Crippen LogP contribution in [0, 0.1) is 25.2 Å². The van der Waals surface area contributed by atoms with Crippen molar-refractivity contribution >= 4 is 22.5 Å². The van der Waals surface area contributed by atoms with Gasteiger partial charge >= 0.3 is 0 Å². The van der Waals surface area contributed by atoms with E-state index < -0.39 is 0 Å². The van der Waals surface area contributed by atoms with Crippen molar-refractivity contribution in [3.05, 3.63) is 40.5 Å². The predicted octanol–water partition coefficient (Wildman–Crippen LogP) is 3.38. The number of benzene rings is 1. The first-order valence-corrected chi connectivity index (χ1v) is 8.82. The number of morpholine rings is 1. The molecule has 1 aliphatic heterocycles. The third-order valence-corrected chi connectivity index (χ3v) is 5.12. The maximum Gasteiger partial charge on any atom is 0.157 e. The second-order valence-electron chi connectivity index (χ2n) is 6.63. The van der Waals surface area contributed by atoms with Crippen LogP contribution in [-0.4, -0.2) is 35.7 Å². The first kappa shape index (κ1) is 15.9. The molecule has 0 atom stereocenters. The van der Waals surface area contributed by atoms with Crippen LogP contribution >= 0.6 is 0 Å². The molecule has 4 rings (SSSR count). The molecule has 25 heavy (non-hydrogen) atoms. The summed E-state index contributed by atoms with van der Waals surface area (Å²) < 4.78 is 7.73. The van der Waals surface area contributed by atoms with E-state index in [2.05, 4.69) is 47.4 Å². The Morgan fingerprint density at radius 1 is 1.24 bits per heavy atom. The van der Waals surface area contributed by atoms with Crippen LogP contribution in [0.1, 0.15) is 29.2 Å². The molecule has 5 nitrogen and oxygen atoms in total. The minimum Gasteiger partial charge on any atom is -0.378 e. The van der Waals surface area contributed by atoms with Gasteiger partial charge < -0.3 is 9.64 Å². The van der Waals surface area contributed by atoms with Crippen LogP contribution in [0.25, 0.3) is 16.7 Å². The van der Waals surface area contributed by atoms with Gasteiger partial charge in [-0.3, -0.25) is 4.40 Å². The molecule has 5 heteroatoms. The van der Waals surface area contributed by atoms with Crippen molar-refractivity contribution in [1.29, 1.82) is 5.26 Å². The van der Waals surface area contributed by atoms with Crippen molar-refractivity contribution in [1.82, 2.24) is 9.38 Å². The van der Waals surface area contributed by atoms with Crippen molar-refractivity contribution in [2.75, 3.05) is 31.2 Å². The molecule has 0 saturated carbocycles. The fraction of sp³-hybridized carbons (Fsp3) is 0.400. The Kier molecular flexibility index (Phi) is 3.85. The van der Waals surface area contributed by atoms with Gasteiger partial charge in [-0.05, 0) is 49.1 Å². The Balaban J connectivity index is 2.16. The average Bonchev–Trinajstić information content (AvgIpc) is 2.99. The molecule has 3 aromatic rings. The molecule has 0 spiro atoms. The fourth-order valence-corrected chi connectivity index (χ4v) is 3.86. The van der Waals surface area contributed by atoms with Gasteiger partial charge in [-0.2, -0.15) is 5.26 Å². The Hall–Kier alpha value is -2.58. The number of nitriles is 1. The molecule has 1 aliphatic rings. The number of hydrogen-bond donors (Lipinski definition) is 0. The third-order valence-electron chi connectivity index (χ3n) is 5.12. The molecule has 0 N–H and O–H groups in total. The zero-order valence-corrected chi connectivity index (χ0v) is 15.0. The molecule has 1 fully saturated rings. The molecule has 3 heterocycles. The van der Waals surface area contributed by atoms with Gasteiger partial charge in [0.2, 0.25) is 0 Å². The number of imidazole rings is 1. The van der Waals surface area contributed by atoms with E-state index in [1.807, 2.05) is 6.92 Å². The highest BCUT2D eigenvalue weighted by atomic mass is 16.5. The van der Waals surface area contributed by atoms with E-state index in [0.717, 1.165) is 55.0 Å². The van der Waals surface area contributed by atoms with Crippen LogP contribution in [0.5, 0.6) is 0 Å². The van der Waals surface area contributed by atoms with Crippen molar-refractivity contribution in [3.8, 4) is 6.07 Å². The second-order valence-corrected chi connectivity index (χ2v) is 6.63. The Morgan fingerprint density at radius 3 is 2.68 bits per heavy atom. The standard InChI is InChI=1S/C20H22N4O/c1-4-15-14(3)16(12-21)19-22-17-11-13(2)5-6-18(17)24(19)20(15)23-7-9-25-10-8-23/h5-6,11H,4,7-10H2,1-3H3. The lowest BCUT2D eigenvalue weighted by Crippen LogP contribution is -2.38. The summed E-state index contributed by atoms with van der Waals surface area (Å²) in [5.74, 6) is 1.17. The van der Waals surface area contributed by atoms with Crippen molar-refractivity contribution in [2.24, 2.45) is 0 Å². The van der Waals surface area contributed by atoms with Gasteiger partial charge in [-0.1, -0.05) is 13.0 Å². The molecule has 1 aromatic carbocycles. The van der Waals surface area contributed by atoms with Gasteiger partial charge in [-0.15, -0.1) is 0 Å². The molecule has 0 radical (unpaired) electrons. The molecule has 1 saturated heterocycles. The van der Waals surface area contributed by atoms with Crippen LogP contribution in [0.4, 0.5) is 5.82 Å². The molecular weight excluding hydrogens is 312 g/mol. The normalized spacial score (nSPS) is 15.0. The number of nitrogens with zero attached hydrogens (tertiary/aromatic N) is 4. The number of fused-ring (bicyclic) bond motifs is 3. The smallest absolute Gasteiger partial charge is 0.157 e. The van der Waals surface area contributed by atoms with Crippen molar-refractivity contribution < 1.29 is 4.74 Å². The summed E-state index contributed by atoms with van der Waals surface area (Å²) >= 11 is 0. The third kappa shape index (κ3) is 2.37. The molecule has 128 valence electrons. The lowest BCUT2D eigenvalue weighted by atomic mass is 10.0. The lowest BCUT2D eigenvalue weighted by molar-refractivity contribution is 0.122. The summed E-state index contributed by atoms with van der Waals surface area (Å²) in [5, 5.41) is 9.78. The summed E-state index contributed by atoms with van der Waals surface area (Å²) in [5.41, 5.74) is 6.90. The van der Waals surface area contributed by atoms with Crippen LogP contribution in [-0.2, 0) is 11.2 Å². The average molecular weight is 334 g/mol. The summed E-state index contributed by atoms with van der Waals surface area (Å²) in [7, 11) is 0. The lowest BCUT2D eigenvalue weighted by Gasteiger charge is -2.32. The minimum absolute atomic E-state index is 0.683. The van der Waals surface area contributed by atoms with Gasteiger partial charge in [0, 0.05) is 13.1 Å². The zero-order valence-electron chi connectivity index (χ0n) is 15.0. The van der Waals surface area contributed by atoms with Gasteiger partial charge in [0.05, 0.1) is 29.8 Å². The topological polar surface area (TPSA) is 53.6 Å². The monoisotopic (exact) mass is 334 g/mol. The number of aromatic nitrogens is 2. The number of pyridine rings is 1. The molecule has 2 aromatic heterocycles. The number of hydrogen-bond acceptors (Lipinski definition) is 4. The van der Waals surface area contributed by atoms with E-state index in [0.29, 0.717) is 5.56 Å². The highest BCUT2D eigenvalue weighted by molar-refractivity contribution is 5.86. The number of ether oxygens (including phenoxy) is 1. The summed E-state index contributed by atoms with van der Waals surface area (Å²) in [4.78, 5) is 7.20. The highest BCUT2D eigenvalue weighted by Gasteiger charge is 2.24. The second kappa shape index (κ2) is 6.05. The van der Waals surface area contributed by atoms with E-state index in [-0.39, 0.29) is 0 Å². The van der Waals surface area contributed by atoms with E-state index in [1.165, 1.54) is 16.9 Å². The molecule has 0 aliphatic carbocycles. The van der Waals surface area contributed by atoms with Gasteiger partial charge in [0.25, 0.3) is 0 Å². The van der Waals surface area contributed by atoms with Gasteiger partial charge in [0.15, 0.2) is 5.65 Å². The van der Waals surface area contributed by atoms with Crippen LogP contribution in [0.2, 0.25) is 0 Å². The molecule has 0 unspecified atom stereocenters. The Bertz CT molecular complexity index is 1010. The van der Waals surface area contributed by atoms with Crippen molar-refractivity contribution in [2.45, 2.75) is 27.2 Å². The van der Waals surface area contributed by atoms with Gasteiger partial charge in [0.1, 0.15) is 11.9 Å². The number of aryl methyl sites for hydroxylation is 1. The fourth-order valence-electron chi connectivity index (χ4n) is 3.86. The van der Waals surface area contributed by atoms with Crippen LogP contribution < -0.4 is 4.90 Å². The zero-order chi connectivity index (χ0) is 17.6. The molecule has 0 amide bonds. The quantitative estimate of drug-likeness (QED) is 0.721. The predicted molar refractivity (Wildman–Crippen MR) is 99.3 cm³/mol. The van der Waals surface area contributed by atoms with Crippen LogP contribution in [0.3, 0.4) is 0 Å². The summed E-state index contributed by atoms with van der Waals surface area (Å²) in [6.07, 6.45) is 0.884. The summed E-state index contributed by atoms with van der Waals surface area (Å²) in [6, 6.07) is 8.71. The number of anilines is 1. The van der Waals surface area contributed by atoms with E-state index >= 15 is 0 Å². The SMILES string of the molecule is CCc1c(C)c(C#N)c2nc3cc(C)ccc3n2c1N1CCOCC1.